The van der Waals surface area contributed by atoms with Gasteiger partial charge in [0.15, 0.2) is 5.82 Å². The monoisotopic (exact) mass is 880 g/mol. The molecule has 0 saturated carbocycles. The highest BCUT2D eigenvalue weighted by Gasteiger charge is 2.36. The molecule has 4 atom stereocenters. The van der Waals surface area contributed by atoms with Crippen LogP contribution in [0.1, 0.15) is 52.3 Å². The number of hydrogen-bond acceptors (Lipinski definition) is 12. The third kappa shape index (κ3) is 11.3. The molecule has 3 aromatic carbocycles. The van der Waals surface area contributed by atoms with Gasteiger partial charge in [-0.3, -0.25) is 24.0 Å². The maximum Gasteiger partial charge on any atom is 0.255 e. The molecule has 1 aromatic heterocycles. The lowest BCUT2D eigenvalue weighted by Gasteiger charge is -2.32. The van der Waals surface area contributed by atoms with Crippen molar-refractivity contribution in [1.82, 2.24) is 36.1 Å². The normalized spacial score (nSPS) is 17.2. The van der Waals surface area contributed by atoms with Gasteiger partial charge in [-0.05, 0) is 105 Å². The first-order valence-electron chi connectivity index (χ1n) is 20.3. The number of carbonyl (C=O) groups is 5. The van der Waals surface area contributed by atoms with Gasteiger partial charge < -0.3 is 47.5 Å². The summed E-state index contributed by atoms with van der Waals surface area (Å²) in [4.78, 5) is 81.6. The third-order valence-electron chi connectivity index (χ3n) is 10.6. The van der Waals surface area contributed by atoms with E-state index in [9.17, 15) is 29.1 Å². The van der Waals surface area contributed by atoms with Crippen molar-refractivity contribution in [2.75, 3.05) is 52.1 Å². The molecule has 9 N–H and O–H groups in total. The lowest BCUT2D eigenvalue weighted by Crippen LogP contribution is -2.56. The highest BCUT2D eigenvalue weighted by Crippen LogP contribution is 2.45. The Morgan fingerprint density at radius 1 is 0.968 bits per heavy atom. The topological polar surface area (TPSA) is 268 Å². The maximum absolute atomic E-state index is 14.6. The van der Waals surface area contributed by atoms with Gasteiger partial charge in [-0.2, -0.15) is 5.26 Å². The van der Waals surface area contributed by atoms with E-state index in [1.165, 1.54) is 24.9 Å². The Balaban J connectivity index is 1.53. The van der Waals surface area contributed by atoms with Crippen LogP contribution in [0.25, 0.3) is 22.5 Å². The summed E-state index contributed by atoms with van der Waals surface area (Å²) < 4.78 is 5.98. The molecule has 0 fully saturated rings. The van der Waals surface area contributed by atoms with Crippen LogP contribution in [0.3, 0.4) is 0 Å². The van der Waals surface area contributed by atoms with Crippen LogP contribution in [0.15, 0.2) is 65.6 Å². The van der Waals surface area contributed by atoms with Gasteiger partial charge in [0, 0.05) is 36.7 Å². The van der Waals surface area contributed by atoms with E-state index in [4.69, 9.17) is 21.5 Å². The quantitative estimate of drug-likeness (QED) is 0.0955. The van der Waals surface area contributed by atoms with Crippen molar-refractivity contribution in [3.8, 4) is 40.1 Å². The summed E-state index contributed by atoms with van der Waals surface area (Å²) in [6.07, 6.45) is 6.58. The maximum atomic E-state index is 14.6. The van der Waals surface area contributed by atoms with Crippen LogP contribution in [0.4, 0.5) is 0 Å². The summed E-state index contributed by atoms with van der Waals surface area (Å²) >= 11 is 0. The van der Waals surface area contributed by atoms with Gasteiger partial charge in [0.2, 0.25) is 23.6 Å². The minimum Gasteiger partial charge on any atom is -0.507 e. The molecule has 63 heavy (non-hydrogen) atoms. The fraction of sp³-hybridized carbons (Fsp3) is 0.378. The summed E-state index contributed by atoms with van der Waals surface area (Å²) in [6, 6.07) is 14.2. The number of fused-ring (bicyclic) bond motifs is 5. The summed E-state index contributed by atoms with van der Waals surface area (Å²) in [6.45, 7) is 4.77. The number of nitriles is 1. The summed E-state index contributed by atoms with van der Waals surface area (Å²) in [5.74, 6) is -2.84. The molecule has 0 spiro atoms. The second-order valence-corrected chi connectivity index (χ2v) is 20.2. The number of phenols is 1. The average Bonchev–Trinajstić information content (AvgIpc) is 3.24. The number of ether oxygens (including phenoxy) is 1. The van der Waals surface area contributed by atoms with Gasteiger partial charge in [-0.1, -0.05) is 24.3 Å². The van der Waals surface area contributed by atoms with E-state index < -0.39 is 63.7 Å². The third-order valence-corrected chi connectivity index (χ3v) is 12.3. The largest absolute Gasteiger partial charge is 0.507 e. The zero-order valence-electron chi connectivity index (χ0n) is 36.6. The number of carbonyl (C=O) groups excluding carboxylic acids is 5. The molecule has 18 heteroatoms. The molecule has 334 valence electrons. The lowest BCUT2D eigenvalue weighted by atomic mass is 9.93. The van der Waals surface area contributed by atoms with Crippen molar-refractivity contribution in [3.63, 3.8) is 0 Å². The molecule has 1 aliphatic rings. The first kappa shape index (κ1) is 47.5. The predicted molar refractivity (Wildman–Crippen MR) is 241 cm³/mol. The molecule has 4 bridgehead atoms. The van der Waals surface area contributed by atoms with Gasteiger partial charge in [-0.15, -0.1) is 0 Å². The molecule has 5 rings (SSSR count). The highest BCUT2D eigenvalue weighted by atomic mass is 32.3. The van der Waals surface area contributed by atoms with Crippen LogP contribution in [0, 0.1) is 25.2 Å². The van der Waals surface area contributed by atoms with Crippen molar-refractivity contribution in [1.29, 1.82) is 5.26 Å². The molecule has 2 heterocycles. The fourth-order valence-corrected chi connectivity index (χ4v) is 8.22. The number of benzene rings is 3. The zero-order valence-corrected chi connectivity index (χ0v) is 37.4. The van der Waals surface area contributed by atoms with Crippen LogP contribution in [-0.4, -0.2) is 120 Å². The Morgan fingerprint density at radius 3 is 2.27 bits per heavy atom. The number of nitrogens with one attached hydrogen (secondary N) is 4. The van der Waals surface area contributed by atoms with E-state index in [0.717, 1.165) is 10.5 Å². The number of aromatic nitrogens is 2. The Hall–Kier alpha value is -6.55. The van der Waals surface area contributed by atoms with Crippen LogP contribution < -0.4 is 37.5 Å². The second-order valence-electron chi connectivity index (χ2n) is 16.0. The van der Waals surface area contributed by atoms with E-state index in [1.807, 2.05) is 18.2 Å². The number of phenolic OH excluding ortho intramolecular Hbond substituents is 1. The number of nitrogens with two attached hydrogens (primary N) is 2. The van der Waals surface area contributed by atoms with Crippen LogP contribution in [0.5, 0.6) is 11.5 Å². The van der Waals surface area contributed by atoms with E-state index in [-0.39, 0.29) is 61.5 Å². The minimum atomic E-state index is -1.42. The summed E-state index contributed by atoms with van der Waals surface area (Å²) in [5.41, 5.74) is 14.9. The average molecular weight is 881 g/mol. The Labute approximate surface area is 368 Å². The van der Waals surface area contributed by atoms with Gasteiger partial charge in [0.1, 0.15) is 48.8 Å². The number of amides is 5. The van der Waals surface area contributed by atoms with E-state index in [2.05, 4.69) is 62.1 Å². The first-order chi connectivity index (χ1) is 29.9. The van der Waals surface area contributed by atoms with Crippen LogP contribution in [-0.2, 0) is 25.6 Å². The smallest absolute Gasteiger partial charge is 0.255 e. The van der Waals surface area contributed by atoms with Crippen molar-refractivity contribution in [2.45, 2.75) is 62.7 Å². The molecular weight excluding hydrogens is 825 g/mol. The number of aromatic hydroxyl groups is 1. The number of rotatable bonds is 13. The number of hydrogen-bond donors (Lipinski definition) is 7. The van der Waals surface area contributed by atoms with Crippen LogP contribution >= 0.6 is 10.0 Å². The predicted octanol–water partition coefficient (Wildman–Crippen LogP) is 2.36. The van der Waals surface area contributed by atoms with Crippen molar-refractivity contribution in [2.24, 2.45) is 11.5 Å². The van der Waals surface area contributed by atoms with E-state index >= 15 is 0 Å². The minimum absolute atomic E-state index is 0.00563. The molecule has 17 nitrogen and oxygen atoms in total. The Morgan fingerprint density at radius 2 is 1.65 bits per heavy atom. The van der Waals surface area contributed by atoms with Crippen molar-refractivity contribution in [3.05, 3.63) is 88.7 Å². The second kappa shape index (κ2) is 20.5. The number of nitrogens with zero attached hydrogens (tertiary/aromatic N) is 4. The van der Waals surface area contributed by atoms with E-state index in [1.54, 1.807) is 44.2 Å². The molecule has 0 aliphatic carbocycles. The lowest BCUT2D eigenvalue weighted by molar-refractivity contribution is -0.141. The number of likely N-dealkylation sites (N-methyl/N-ethyl adjacent to an activating group) is 1. The standard InChI is InChI=1S/C45H56N10O7S/c1-25-38(26(2)51-40(50-25)29-9-12-31(13-10-29)63(5,6)7)43(59)53-34(16-17-46)45(61)55(4)39-30-11-15-37(62-21-19-48)33(24-30)32-22-28(8-14-36(32)56)23-35(42(58)49-20-18-47)54-41(57)27(3)52-44(39)60/h8-15,22,24,27,34-35,39,56H,16-17,19-21,23,46,48H2,1-7H3,(H,49,58)(H,52,60)(H,53,59)(H,54,57)/t27-,34-,35-,39-/m0/s1. The van der Waals surface area contributed by atoms with Gasteiger partial charge in [0.05, 0.1) is 23.0 Å². The number of aryl methyl sites for hydroxylation is 2. The molecular formula is C45H56N10O7S. The van der Waals surface area contributed by atoms with E-state index in [0.29, 0.717) is 34.1 Å². The van der Waals surface area contributed by atoms with Crippen LogP contribution in [0.2, 0.25) is 0 Å². The highest BCUT2D eigenvalue weighted by molar-refractivity contribution is 8.32. The van der Waals surface area contributed by atoms with Gasteiger partial charge in [0.25, 0.3) is 5.91 Å². The molecule has 5 amide bonds. The fourth-order valence-electron chi connectivity index (χ4n) is 7.26. The molecule has 1 aliphatic heterocycles. The Bertz CT molecular complexity index is 2390. The summed E-state index contributed by atoms with van der Waals surface area (Å²) in [7, 11) is 0.454. The SMILES string of the molecule is Cc1nc(-c2ccc(S(C)(C)C)cc2)nc(C)c1C(=O)N[C@@H](CCN)C(=O)N(C)[C@@H]1C(=O)N[C@@H](C)C(=O)N[C@H](C(=O)NCC#N)Cc2ccc(O)c(c2)-c2cc1ccc2OCCN. The summed E-state index contributed by atoms with van der Waals surface area (Å²) in [5, 5.41) is 30.9. The zero-order chi connectivity index (χ0) is 46.2. The molecule has 0 saturated heterocycles. The van der Waals surface area contributed by atoms with Crippen molar-refractivity contribution < 1.29 is 33.8 Å². The molecule has 0 radical (unpaired) electrons. The molecule has 4 aromatic rings. The first-order valence-corrected chi connectivity index (χ1v) is 23.2. The van der Waals surface area contributed by atoms with Gasteiger partial charge >= 0.3 is 0 Å². The van der Waals surface area contributed by atoms with Gasteiger partial charge in [-0.25, -0.2) is 20.0 Å². The van der Waals surface area contributed by atoms with Crippen molar-refractivity contribution >= 4 is 39.6 Å². The molecule has 0 unspecified atom stereocenters. The Kier molecular flexibility index (Phi) is 15.5.